The molecule has 2 heterocycles. The van der Waals surface area contributed by atoms with Crippen molar-refractivity contribution in [2.75, 3.05) is 0 Å². The summed E-state index contributed by atoms with van der Waals surface area (Å²) in [4.78, 5) is 13.5. The number of halogens is 1. The van der Waals surface area contributed by atoms with Gasteiger partial charge in [-0.1, -0.05) is 43.6 Å². The van der Waals surface area contributed by atoms with Crippen LogP contribution in [-0.4, -0.2) is 9.78 Å². The summed E-state index contributed by atoms with van der Waals surface area (Å²) in [5.41, 5.74) is 1.40. The zero-order valence-electron chi connectivity index (χ0n) is 13.5. The summed E-state index contributed by atoms with van der Waals surface area (Å²) >= 11 is 8.02. The lowest BCUT2D eigenvalue weighted by molar-refractivity contribution is 0.617. The maximum atomic E-state index is 12.6. The Balaban J connectivity index is 2.14. The van der Waals surface area contributed by atoms with E-state index in [4.69, 9.17) is 11.6 Å². The third kappa shape index (κ3) is 2.72. The molecule has 3 aromatic rings. The highest BCUT2D eigenvalue weighted by molar-refractivity contribution is 7.19. The molecule has 0 N–H and O–H groups in total. The van der Waals surface area contributed by atoms with Gasteiger partial charge in [0.25, 0.3) is 5.56 Å². The summed E-state index contributed by atoms with van der Waals surface area (Å²) < 4.78 is 2.44. The number of nitrogens with zero attached hydrogens (tertiary/aromatic N) is 3. The summed E-state index contributed by atoms with van der Waals surface area (Å²) in [6.07, 6.45) is 1.30. The molecule has 3 rings (SSSR count). The first-order chi connectivity index (χ1) is 11.6. The monoisotopic (exact) mass is 357 g/mol. The first-order valence-electron chi connectivity index (χ1n) is 7.79. The number of nitriles is 1. The Bertz CT molecular complexity index is 1010. The molecule has 0 radical (unpaired) electrons. The Hall–Kier alpha value is -2.16. The SMILES string of the molecule is CCc1nn(Cc2sc3ccccc3c2Cl)c(=O)c(C#N)c1CC. The summed E-state index contributed by atoms with van der Waals surface area (Å²) in [6, 6.07) is 9.92. The second kappa shape index (κ2) is 6.76. The molecule has 0 fully saturated rings. The zero-order valence-corrected chi connectivity index (χ0v) is 15.0. The average molecular weight is 358 g/mol. The van der Waals surface area contributed by atoms with Gasteiger partial charge in [-0.15, -0.1) is 11.3 Å². The first kappa shape index (κ1) is 16.7. The number of rotatable bonds is 4. The molecular formula is C18H16ClN3OS. The third-order valence-electron chi connectivity index (χ3n) is 4.03. The van der Waals surface area contributed by atoms with Gasteiger partial charge in [-0.2, -0.15) is 10.4 Å². The lowest BCUT2D eigenvalue weighted by Crippen LogP contribution is -2.29. The average Bonchev–Trinajstić information content (AvgIpc) is 2.92. The number of fused-ring (bicyclic) bond motifs is 1. The summed E-state index contributed by atoms with van der Waals surface area (Å²) in [6.45, 7) is 4.19. The van der Waals surface area contributed by atoms with Gasteiger partial charge in [-0.25, -0.2) is 4.68 Å². The van der Waals surface area contributed by atoms with Gasteiger partial charge in [0.15, 0.2) is 0 Å². The van der Waals surface area contributed by atoms with Crippen LogP contribution in [0, 0.1) is 11.3 Å². The van der Waals surface area contributed by atoms with Crippen molar-refractivity contribution in [2.45, 2.75) is 33.2 Å². The van der Waals surface area contributed by atoms with Crippen LogP contribution in [-0.2, 0) is 19.4 Å². The van der Waals surface area contributed by atoms with Gasteiger partial charge in [0.2, 0.25) is 0 Å². The van der Waals surface area contributed by atoms with Crippen molar-refractivity contribution in [3.05, 3.63) is 61.3 Å². The minimum absolute atomic E-state index is 0.196. The second-order valence-electron chi connectivity index (χ2n) is 5.42. The van der Waals surface area contributed by atoms with E-state index < -0.39 is 0 Å². The fraction of sp³-hybridized carbons (Fsp3) is 0.278. The van der Waals surface area contributed by atoms with Crippen molar-refractivity contribution in [1.29, 1.82) is 5.26 Å². The summed E-state index contributed by atoms with van der Waals surface area (Å²) in [5, 5.41) is 15.5. The minimum Gasteiger partial charge on any atom is -0.266 e. The van der Waals surface area contributed by atoms with Crippen molar-refractivity contribution < 1.29 is 0 Å². The quantitative estimate of drug-likeness (QED) is 0.704. The fourth-order valence-corrected chi connectivity index (χ4v) is 4.32. The Morgan fingerprint density at radius 2 is 2.04 bits per heavy atom. The van der Waals surface area contributed by atoms with Crippen molar-refractivity contribution in [1.82, 2.24) is 9.78 Å². The third-order valence-corrected chi connectivity index (χ3v) is 5.73. The topological polar surface area (TPSA) is 58.7 Å². The molecule has 4 nitrogen and oxygen atoms in total. The molecule has 0 unspecified atom stereocenters. The number of benzene rings is 1. The molecule has 0 saturated carbocycles. The van der Waals surface area contributed by atoms with Gasteiger partial charge in [0.05, 0.1) is 17.3 Å². The van der Waals surface area contributed by atoms with Crippen molar-refractivity contribution in [3.63, 3.8) is 0 Å². The predicted octanol–water partition coefficient (Wildman–Crippen LogP) is 4.16. The van der Waals surface area contributed by atoms with Gasteiger partial charge in [0.1, 0.15) is 11.6 Å². The second-order valence-corrected chi connectivity index (χ2v) is 6.93. The standard InChI is InChI=1S/C18H16ClN3OS/c1-3-11-13(9-20)18(23)22(21-14(11)4-2)10-16-17(19)12-7-5-6-8-15(12)24-16/h5-8H,3-4,10H2,1-2H3. The Morgan fingerprint density at radius 3 is 2.67 bits per heavy atom. The largest absolute Gasteiger partial charge is 0.285 e. The van der Waals surface area contributed by atoms with Crippen molar-refractivity contribution in [2.24, 2.45) is 0 Å². The maximum absolute atomic E-state index is 12.6. The highest BCUT2D eigenvalue weighted by atomic mass is 35.5. The van der Waals surface area contributed by atoms with Crippen LogP contribution >= 0.6 is 22.9 Å². The van der Waals surface area contributed by atoms with Gasteiger partial charge < -0.3 is 0 Å². The molecule has 0 atom stereocenters. The molecule has 0 saturated heterocycles. The van der Waals surface area contributed by atoms with E-state index in [0.717, 1.165) is 26.2 Å². The minimum atomic E-state index is -0.347. The van der Waals surface area contributed by atoms with Crippen LogP contribution < -0.4 is 5.56 Å². The summed E-state index contributed by atoms with van der Waals surface area (Å²) in [7, 11) is 0. The van der Waals surface area contributed by atoms with E-state index in [1.54, 1.807) is 11.3 Å². The van der Waals surface area contributed by atoms with E-state index in [1.807, 2.05) is 38.1 Å². The van der Waals surface area contributed by atoms with Crippen LogP contribution in [0.2, 0.25) is 5.02 Å². The highest BCUT2D eigenvalue weighted by Crippen LogP contribution is 2.35. The Labute approximate surface area is 148 Å². The molecule has 122 valence electrons. The Morgan fingerprint density at radius 1 is 1.29 bits per heavy atom. The van der Waals surface area contributed by atoms with E-state index >= 15 is 0 Å². The molecule has 0 aliphatic heterocycles. The first-order valence-corrected chi connectivity index (χ1v) is 8.99. The van der Waals surface area contributed by atoms with Gasteiger partial charge in [-0.3, -0.25) is 4.79 Å². The van der Waals surface area contributed by atoms with Gasteiger partial charge in [0, 0.05) is 15.0 Å². The number of hydrogen-bond acceptors (Lipinski definition) is 4. The van der Waals surface area contributed by atoms with Gasteiger partial charge in [-0.05, 0) is 24.5 Å². The summed E-state index contributed by atoms with van der Waals surface area (Å²) in [5.74, 6) is 0. The van der Waals surface area contributed by atoms with Crippen LogP contribution in [0.4, 0.5) is 0 Å². The molecule has 1 aromatic carbocycles. The molecule has 0 amide bonds. The van der Waals surface area contributed by atoms with Crippen molar-refractivity contribution in [3.8, 4) is 6.07 Å². The van der Waals surface area contributed by atoms with Crippen LogP contribution in [0.5, 0.6) is 0 Å². The molecular weight excluding hydrogens is 342 g/mol. The number of aryl methyl sites for hydroxylation is 1. The molecule has 0 aliphatic carbocycles. The Kier molecular flexibility index (Phi) is 4.70. The smallest absolute Gasteiger partial charge is 0.266 e. The molecule has 6 heteroatoms. The van der Waals surface area contributed by atoms with E-state index in [-0.39, 0.29) is 17.7 Å². The van der Waals surface area contributed by atoms with E-state index in [0.29, 0.717) is 17.9 Å². The van der Waals surface area contributed by atoms with Gasteiger partial charge >= 0.3 is 0 Å². The normalized spacial score (nSPS) is 10.9. The van der Waals surface area contributed by atoms with Crippen LogP contribution in [0.1, 0.15) is 35.5 Å². The molecule has 24 heavy (non-hydrogen) atoms. The van der Waals surface area contributed by atoms with E-state index in [1.165, 1.54) is 4.68 Å². The number of hydrogen-bond donors (Lipinski definition) is 0. The van der Waals surface area contributed by atoms with E-state index in [2.05, 4.69) is 11.2 Å². The van der Waals surface area contributed by atoms with Crippen LogP contribution in [0.15, 0.2) is 29.1 Å². The van der Waals surface area contributed by atoms with Crippen LogP contribution in [0.3, 0.4) is 0 Å². The van der Waals surface area contributed by atoms with Crippen molar-refractivity contribution >= 4 is 33.0 Å². The molecule has 0 aliphatic rings. The lowest BCUT2D eigenvalue weighted by atomic mass is 10.0. The highest BCUT2D eigenvalue weighted by Gasteiger charge is 2.17. The number of aromatic nitrogens is 2. The maximum Gasteiger partial charge on any atom is 0.285 e. The number of thiophene rings is 1. The van der Waals surface area contributed by atoms with E-state index in [9.17, 15) is 10.1 Å². The predicted molar refractivity (Wildman–Crippen MR) is 97.9 cm³/mol. The lowest BCUT2D eigenvalue weighted by Gasteiger charge is -2.11. The zero-order chi connectivity index (χ0) is 17.3. The molecule has 0 spiro atoms. The molecule has 0 bridgehead atoms. The van der Waals surface area contributed by atoms with Crippen LogP contribution in [0.25, 0.3) is 10.1 Å². The molecule has 2 aromatic heterocycles. The fourth-order valence-electron chi connectivity index (χ4n) is 2.84.